The Morgan fingerprint density at radius 2 is 2.25 bits per heavy atom. The van der Waals surface area contributed by atoms with Gasteiger partial charge in [-0.3, -0.25) is 4.79 Å². The standard InChI is InChI=1S/C14H24N4O2/c1-4-11-16-12(5-2)18(17-11)10-7-6-8-14(15,9-10)13(19)20-3/h10H,4-9,15H2,1-3H3. The number of nitrogens with two attached hydrogens (primary N) is 1. The van der Waals surface area contributed by atoms with Crippen molar-refractivity contribution in [2.75, 3.05) is 7.11 Å². The maximum absolute atomic E-state index is 11.9. The van der Waals surface area contributed by atoms with Crippen molar-refractivity contribution in [1.29, 1.82) is 0 Å². The summed E-state index contributed by atoms with van der Waals surface area (Å²) in [6.45, 7) is 4.11. The summed E-state index contributed by atoms with van der Waals surface area (Å²) >= 11 is 0. The molecule has 6 heteroatoms. The summed E-state index contributed by atoms with van der Waals surface area (Å²) in [6, 6.07) is 0.135. The van der Waals surface area contributed by atoms with Crippen molar-refractivity contribution in [3.63, 3.8) is 0 Å². The van der Waals surface area contributed by atoms with Crippen LogP contribution in [-0.4, -0.2) is 33.4 Å². The van der Waals surface area contributed by atoms with Crippen LogP contribution in [0.15, 0.2) is 0 Å². The number of rotatable bonds is 4. The van der Waals surface area contributed by atoms with Gasteiger partial charge in [-0.05, 0) is 25.7 Å². The molecular formula is C14H24N4O2. The number of aryl methyl sites for hydroxylation is 2. The predicted octanol–water partition coefficient (Wildman–Crippen LogP) is 1.39. The van der Waals surface area contributed by atoms with Gasteiger partial charge >= 0.3 is 5.97 Å². The maximum atomic E-state index is 11.9. The zero-order chi connectivity index (χ0) is 14.8. The molecule has 1 aliphatic carbocycles. The van der Waals surface area contributed by atoms with Crippen molar-refractivity contribution < 1.29 is 9.53 Å². The summed E-state index contributed by atoms with van der Waals surface area (Å²) < 4.78 is 6.83. The smallest absolute Gasteiger partial charge is 0.325 e. The van der Waals surface area contributed by atoms with Gasteiger partial charge in [-0.2, -0.15) is 5.10 Å². The van der Waals surface area contributed by atoms with E-state index in [0.29, 0.717) is 12.8 Å². The third-order valence-corrected chi connectivity index (χ3v) is 4.08. The highest BCUT2D eigenvalue weighted by Gasteiger charge is 2.41. The van der Waals surface area contributed by atoms with Crippen LogP contribution in [-0.2, 0) is 22.4 Å². The van der Waals surface area contributed by atoms with E-state index >= 15 is 0 Å². The molecule has 1 saturated carbocycles. The SMILES string of the molecule is CCc1nc(CC)n(C2CCCC(N)(C(=O)OC)C2)n1. The van der Waals surface area contributed by atoms with Crippen LogP contribution >= 0.6 is 0 Å². The van der Waals surface area contributed by atoms with Crippen LogP contribution in [0.25, 0.3) is 0 Å². The number of hydrogen-bond acceptors (Lipinski definition) is 5. The van der Waals surface area contributed by atoms with Gasteiger partial charge in [0.05, 0.1) is 13.2 Å². The van der Waals surface area contributed by atoms with Gasteiger partial charge in [0.2, 0.25) is 0 Å². The van der Waals surface area contributed by atoms with E-state index in [-0.39, 0.29) is 12.0 Å². The van der Waals surface area contributed by atoms with E-state index in [2.05, 4.69) is 17.0 Å². The third-order valence-electron chi connectivity index (χ3n) is 4.08. The minimum Gasteiger partial charge on any atom is -0.468 e. The summed E-state index contributed by atoms with van der Waals surface area (Å²) in [4.78, 5) is 16.4. The van der Waals surface area contributed by atoms with Crippen LogP contribution < -0.4 is 5.73 Å². The summed E-state index contributed by atoms with van der Waals surface area (Å²) in [6.07, 6.45) is 4.78. The lowest BCUT2D eigenvalue weighted by Gasteiger charge is -2.35. The molecule has 2 rings (SSSR count). The van der Waals surface area contributed by atoms with Gasteiger partial charge < -0.3 is 10.5 Å². The fourth-order valence-corrected chi connectivity index (χ4v) is 2.96. The number of carbonyl (C=O) groups excluding carboxylic acids is 1. The molecule has 1 fully saturated rings. The van der Waals surface area contributed by atoms with Crippen molar-refractivity contribution in [3.8, 4) is 0 Å². The molecule has 20 heavy (non-hydrogen) atoms. The van der Waals surface area contributed by atoms with E-state index in [9.17, 15) is 4.79 Å². The molecule has 2 N–H and O–H groups in total. The fourth-order valence-electron chi connectivity index (χ4n) is 2.96. The largest absolute Gasteiger partial charge is 0.468 e. The summed E-state index contributed by atoms with van der Waals surface area (Å²) in [5, 5.41) is 4.57. The molecule has 0 bridgehead atoms. The first kappa shape index (κ1) is 15.0. The number of ether oxygens (including phenoxy) is 1. The van der Waals surface area contributed by atoms with E-state index < -0.39 is 5.54 Å². The van der Waals surface area contributed by atoms with Crippen molar-refractivity contribution in [1.82, 2.24) is 14.8 Å². The Kier molecular flexibility index (Phi) is 4.42. The zero-order valence-electron chi connectivity index (χ0n) is 12.6. The minimum atomic E-state index is -0.888. The first-order valence-corrected chi connectivity index (χ1v) is 7.35. The Morgan fingerprint density at radius 1 is 1.50 bits per heavy atom. The lowest BCUT2D eigenvalue weighted by molar-refractivity contribution is -0.149. The molecule has 0 saturated heterocycles. The minimum absolute atomic E-state index is 0.135. The molecule has 2 atom stereocenters. The van der Waals surface area contributed by atoms with Crippen LogP contribution in [0.5, 0.6) is 0 Å². The molecule has 0 radical (unpaired) electrons. The van der Waals surface area contributed by atoms with Crippen LogP contribution in [0.4, 0.5) is 0 Å². The Labute approximate surface area is 119 Å². The summed E-state index contributed by atoms with van der Waals surface area (Å²) in [7, 11) is 1.39. The summed E-state index contributed by atoms with van der Waals surface area (Å²) in [5.74, 6) is 1.50. The highest BCUT2D eigenvalue weighted by atomic mass is 16.5. The average molecular weight is 280 g/mol. The molecule has 0 amide bonds. The van der Waals surface area contributed by atoms with Gasteiger partial charge in [0.1, 0.15) is 11.4 Å². The number of methoxy groups -OCH3 is 1. The van der Waals surface area contributed by atoms with Crippen molar-refractivity contribution in [3.05, 3.63) is 11.6 Å². The molecule has 0 aliphatic heterocycles. The Morgan fingerprint density at radius 3 is 2.85 bits per heavy atom. The maximum Gasteiger partial charge on any atom is 0.325 e. The lowest BCUT2D eigenvalue weighted by atomic mass is 9.79. The fraction of sp³-hybridized carbons (Fsp3) is 0.786. The number of esters is 1. The Hall–Kier alpha value is -1.43. The third kappa shape index (κ3) is 2.70. The van der Waals surface area contributed by atoms with E-state index in [1.807, 2.05) is 11.6 Å². The molecule has 1 heterocycles. The highest BCUT2D eigenvalue weighted by Crippen LogP contribution is 2.35. The van der Waals surface area contributed by atoms with Crippen molar-refractivity contribution >= 4 is 5.97 Å². The van der Waals surface area contributed by atoms with Crippen LogP contribution in [0.1, 0.15) is 57.2 Å². The first-order chi connectivity index (χ1) is 9.54. The first-order valence-electron chi connectivity index (χ1n) is 7.35. The molecule has 0 aromatic carbocycles. The van der Waals surface area contributed by atoms with Gasteiger partial charge in [-0.25, -0.2) is 9.67 Å². The number of aromatic nitrogens is 3. The predicted molar refractivity (Wildman–Crippen MR) is 75.2 cm³/mol. The molecule has 1 aromatic heterocycles. The molecule has 6 nitrogen and oxygen atoms in total. The quantitative estimate of drug-likeness (QED) is 0.843. The van der Waals surface area contributed by atoms with Gasteiger partial charge in [-0.1, -0.05) is 13.8 Å². The topological polar surface area (TPSA) is 83.0 Å². The van der Waals surface area contributed by atoms with E-state index in [0.717, 1.165) is 37.3 Å². The average Bonchev–Trinajstić information content (AvgIpc) is 2.89. The van der Waals surface area contributed by atoms with Crippen molar-refractivity contribution in [2.45, 2.75) is 64.0 Å². The van der Waals surface area contributed by atoms with Crippen LogP contribution in [0, 0.1) is 0 Å². The van der Waals surface area contributed by atoms with Gasteiger partial charge in [0.15, 0.2) is 5.82 Å². The second-order valence-electron chi connectivity index (χ2n) is 5.49. The lowest BCUT2D eigenvalue weighted by Crippen LogP contribution is -2.52. The monoisotopic (exact) mass is 280 g/mol. The zero-order valence-corrected chi connectivity index (χ0v) is 12.6. The number of carbonyl (C=O) groups is 1. The molecule has 2 unspecified atom stereocenters. The van der Waals surface area contributed by atoms with Crippen LogP contribution in [0.3, 0.4) is 0 Å². The second-order valence-corrected chi connectivity index (χ2v) is 5.49. The Bertz CT molecular complexity index is 486. The number of hydrogen-bond donors (Lipinski definition) is 1. The number of nitrogens with zero attached hydrogens (tertiary/aromatic N) is 3. The second kappa shape index (κ2) is 5.91. The molecular weight excluding hydrogens is 256 g/mol. The molecule has 112 valence electrons. The summed E-state index contributed by atoms with van der Waals surface area (Å²) in [5.41, 5.74) is 5.35. The van der Waals surface area contributed by atoms with Crippen LogP contribution in [0.2, 0.25) is 0 Å². The van der Waals surface area contributed by atoms with Gasteiger partial charge in [-0.15, -0.1) is 0 Å². The Balaban J connectivity index is 2.24. The molecule has 0 spiro atoms. The van der Waals surface area contributed by atoms with E-state index in [4.69, 9.17) is 10.5 Å². The van der Waals surface area contributed by atoms with E-state index in [1.54, 1.807) is 0 Å². The van der Waals surface area contributed by atoms with E-state index in [1.165, 1.54) is 7.11 Å². The highest BCUT2D eigenvalue weighted by molar-refractivity contribution is 5.80. The molecule has 1 aliphatic rings. The molecule has 1 aromatic rings. The van der Waals surface area contributed by atoms with Gasteiger partial charge in [0, 0.05) is 12.8 Å². The normalized spacial score (nSPS) is 26.5. The van der Waals surface area contributed by atoms with Crippen molar-refractivity contribution in [2.24, 2.45) is 5.73 Å². The van der Waals surface area contributed by atoms with Gasteiger partial charge in [0.25, 0.3) is 0 Å².